The summed E-state index contributed by atoms with van der Waals surface area (Å²) in [4.78, 5) is 26.6. The van der Waals surface area contributed by atoms with Crippen LogP contribution in [0.1, 0.15) is 10.4 Å². The van der Waals surface area contributed by atoms with Crippen LogP contribution in [-0.2, 0) is 9.53 Å². The summed E-state index contributed by atoms with van der Waals surface area (Å²) in [6, 6.07) is 9.75. The van der Waals surface area contributed by atoms with Gasteiger partial charge in [0.2, 0.25) is 5.89 Å². The van der Waals surface area contributed by atoms with Gasteiger partial charge in [-0.2, -0.15) is 0 Å². The SMILES string of the molecule is COC(=O)c1ccc(Cl)c(-c2ncc(-c3cccc(NC(=O)C(Cl)Cl)c3)o2)c1Cl. The van der Waals surface area contributed by atoms with E-state index in [1.54, 1.807) is 24.3 Å². The minimum Gasteiger partial charge on any atom is -0.465 e. The average Bonchev–Trinajstić information content (AvgIpc) is 3.17. The molecule has 0 aliphatic heterocycles. The summed E-state index contributed by atoms with van der Waals surface area (Å²) in [7, 11) is 1.25. The summed E-state index contributed by atoms with van der Waals surface area (Å²) in [6.45, 7) is 0. The van der Waals surface area contributed by atoms with Crippen LogP contribution in [0.5, 0.6) is 0 Å². The van der Waals surface area contributed by atoms with Gasteiger partial charge in [-0.1, -0.05) is 58.5 Å². The smallest absolute Gasteiger partial charge is 0.339 e. The Morgan fingerprint density at radius 1 is 1.17 bits per heavy atom. The molecule has 0 unspecified atom stereocenters. The molecule has 0 aliphatic rings. The minimum absolute atomic E-state index is 0.0639. The van der Waals surface area contributed by atoms with Crippen molar-refractivity contribution in [2.45, 2.75) is 4.84 Å². The first-order chi connectivity index (χ1) is 13.8. The van der Waals surface area contributed by atoms with Crippen LogP contribution in [-0.4, -0.2) is 28.8 Å². The number of oxazole rings is 1. The fraction of sp³-hybridized carbons (Fsp3) is 0.105. The van der Waals surface area contributed by atoms with E-state index in [-0.39, 0.29) is 27.1 Å². The van der Waals surface area contributed by atoms with Crippen LogP contribution in [0.4, 0.5) is 5.69 Å². The number of carbonyl (C=O) groups is 2. The molecule has 1 N–H and O–H groups in total. The van der Waals surface area contributed by atoms with Gasteiger partial charge in [0.25, 0.3) is 5.91 Å². The van der Waals surface area contributed by atoms with E-state index in [2.05, 4.69) is 10.3 Å². The maximum Gasteiger partial charge on any atom is 0.339 e. The fourth-order valence-corrected chi connectivity index (χ4v) is 3.20. The third-order valence-corrected chi connectivity index (χ3v) is 4.93. The van der Waals surface area contributed by atoms with Crippen molar-refractivity contribution in [1.29, 1.82) is 0 Å². The maximum absolute atomic E-state index is 11.9. The van der Waals surface area contributed by atoms with Crippen molar-refractivity contribution < 1.29 is 18.7 Å². The van der Waals surface area contributed by atoms with E-state index in [0.29, 0.717) is 17.0 Å². The molecule has 0 bridgehead atoms. The second-order valence-corrected chi connectivity index (χ2v) is 7.56. The Balaban J connectivity index is 1.97. The first-order valence-corrected chi connectivity index (χ1v) is 9.66. The Bertz CT molecular complexity index is 1080. The molecular formula is C19H12Cl4N2O4. The number of esters is 1. The van der Waals surface area contributed by atoms with Gasteiger partial charge >= 0.3 is 5.97 Å². The number of methoxy groups -OCH3 is 1. The lowest BCUT2D eigenvalue weighted by Gasteiger charge is -2.08. The Kier molecular flexibility index (Phi) is 6.70. The summed E-state index contributed by atoms with van der Waals surface area (Å²) < 4.78 is 10.5. The highest BCUT2D eigenvalue weighted by molar-refractivity contribution is 6.54. The van der Waals surface area contributed by atoms with Gasteiger partial charge in [0.05, 0.1) is 34.5 Å². The summed E-state index contributed by atoms with van der Waals surface area (Å²) in [5, 5.41) is 2.90. The van der Waals surface area contributed by atoms with Crippen LogP contribution < -0.4 is 5.32 Å². The molecule has 0 fully saturated rings. The number of halogens is 4. The number of alkyl halides is 2. The molecule has 3 aromatic rings. The molecule has 1 amide bonds. The topological polar surface area (TPSA) is 81.4 Å². The van der Waals surface area contributed by atoms with Gasteiger partial charge in [0, 0.05) is 11.3 Å². The van der Waals surface area contributed by atoms with Gasteiger partial charge < -0.3 is 14.5 Å². The van der Waals surface area contributed by atoms with E-state index in [1.807, 2.05) is 0 Å². The van der Waals surface area contributed by atoms with E-state index >= 15 is 0 Å². The maximum atomic E-state index is 11.9. The number of nitrogens with one attached hydrogen (secondary N) is 1. The monoisotopic (exact) mass is 472 g/mol. The third kappa shape index (κ3) is 4.67. The molecule has 29 heavy (non-hydrogen) atoms. The van der Waals surface area contributed by atoms with Crippen LogP contribution in [0.15, 0.2) is 47.0 Å². The molecule has 0 atom stereocenters. The van der Waals surface area contributed by atoms with Crippen LogP contribution in [0.2, 0.25) is 10.0 Å². The van der Waals surface area contributed by atoms with Gasteiger partial charge in [-0.3, -0.25) is 4.79 Å². The number of carbonyl (C=O) groups excluding carboxylic acids is 2. The molecule has 0 spiro atoms. The lowest BCUT2D eigenvalue weighted by molar-refractivity contribution is -0.114. The highest BCUT2D eigenvalue weighted by Crippen LogP contribution is 2.38. The zero-order valence-electron chi connectivity index (χ0n) is 14.7. The quantitative estimate of drug-likeness (QED) is 0.371. The number of aromatic nitrogens is 1. The predicted octanol–water partition coefficient (Wildman–Crippen LogP) is 5.84. The molecule has 10 heteroatoms. The van der Waals surface area contributed by atoms with Crippen molar-refractivity contribution >= 4 is 64.0 Å². The number of benzene rings is 2. The standard InChI is InChI=1S/C19H12Cl4N2O4/c1-28-19(27)11-5-6-12(20)14(15(11)21)18-24-8-13(29-18)9-3-2-4-10(7-9)25-17(26)16(22)23/h2-8,16H,1H3,(H,25,26). The van der Waals surface area contributed by atoms with Gasteiger partial charge in [-0.25, -0.2) is 9.78 Å². The molecule has 0 radical (unpaired) electrons. The highest BCUT2D eigenvalue weighted by Gasteiger charge is 2.21. The predicted molar refractivity (Wildman–Crippen MR) is 113 cm³/mol. The second kappa shape index (κ2) is 9.05. The summed E-state index contributed by atoms with van der Waals surface area (Å²) in [5.41, 5.74) is 1.49. The normalized spacial score (nSPS) is 10.8. The summed E-state index contributed by atoms with van der Waals surface area (Å²) >= 11 is 23.7. The van der Waals surface area contributed by atoms with Crippen molar-refractivity contribution in [2.24, 2.45) is 0 Å². The highest BCUT2D eigenvalue weighted by atomic mass is 35.5. The molecule has 6 nitrogen and oxygen atoms in total. The van der Waals surface area contributed by atoms with Crippen molar-refractivity contribution in [3.8, 4) is 22.8 Å². The van der Waals surface area contributed by atoms with Gasteiger partial charge in [0.1, 0.15) is 0 Å². The first kappa shape index (κ1) is 21.5. The zero-order valence-corrected chi connectivity index (χ0v) is 17.7. The van der Waals surface area contributed by atoms with Crippen LogP contribution in [0.3, 0.4) is 0 Å². The lowest BCUT2D eigenvalue weighted by atomic mass is 10.1. The number of amides is 1. The largest absolute Gasteiger partial charge is 0.465 e. The van der Waals surface area contributed by atoms with E-state index in [0.717, 1.165) is 0 Å². The molecule has 1 aromatic heterocycles. The van der Waals surface area contributed by atoms with Gasteiger partial charge in [-0.15, -0.1) is 0 Å². The van der Waals surface area contributed by atoms with Crippen molar-refractivity contribution in [1.82, 2.24) is 4.98 Å². The Hall–Kier alpha value is -2.25. The number of rotatable bonds is 5. The molecular weight excluding hydrogens is 462 g/mol. The molecule has 0 aliphatic carbocycles. The van der Waals surface area contributed by atoms with E-state index < -0.39 is 16.7 Å². The second-order valence-electron chi connectivity index (χ2n) is 5.68. The van der Waals surface area contributed by atoms with E-state index in [1.165, 1.54) is 25.4 Å². The van der Waals surface area contributed by atoms with E-state index in [4.69, 9.17) is 55.6 Å². The van der Waals surface area contributed by atoms with Crippen molar-refractivity contribution in [3.05, 3.63) is 58.2 Å². The summed E-state index contributed by atoms with van der Waals surface area (Å²) in [5.74, 6) is -0.654. The van der Waals surface area contributed by atoms with Gasteiger partial charge in [0.15, 0.2) is 10.6 Å². The molecule has 150 valence electrons. The Morgan fingerprint density at radius 2 is 1.93 bits per heavy atom. The number of hydrogen-bond donors (Lipinski definition) is 1. The van der Waals surface area contributed by atoms with Crippen molar-refractivity contribution in [2.75, 3.05) is 12.4 Å². The fourth-order valence-electron chi connectivity index (χ4n) is 2.49. The molecule has 2 aromatic carbocycles. The molecule has 0 saturated carbocycles. The summed E-state index contributed by atoms with van der Waals surface area (Å²) in [6.07, 6.45) is 1.47. The Labute approximate surface area is 185 Å². The number of ether oxygens (including phenoxy) is 1. The number of hydrogen-bond acceptors (Lipinski definition) is 5. The number of anilines is 1. The van der Waals surface area contributed by atoms with Gasteiger partial charge in [-0.05, 0) is 24.3 Å². The Morgan fingerprint density at radius 3 is 2.62 bits per heavy atom. The minimum atomic E-state index is -1.19. The van der Waals surface area contributed by atoms with Crippen LogP contribution in [0, 0.1) is 0 Å². The van der Waals surface area contributed by atoms with Crippen LogP contribution >= 0.6 is 46.4 Å². The lowest BCUT2D eigenvalue weighted by Crippen LogP contribution is -2.18. The third-order valence-electron chi connectivity index (χ3n) is 3.83. The van der Waals surface area contributed by atoms with Crippen molar-refractivity contribution in [3.63, 3.8) is 0 Å². The molecule has 1 heterocycles. The molecule has 3 rings (SSSR count). The number of nitrogens with zero attached hydrogens (tertiary/aromatic N) is 1. The van der Waals surface area contributed by atoms with Crippen LogP contribution in [0.25, 0.3) is 22.8 Å². The zero-order chi connectivity index (χ0) is 21.1. The molecule has 0 saturated heterocycles. The van der Waals surface area contributed by atoms with E-state index in [9.17, 15) is 9.59 Å². The first-order valence-electron chi connectivity index (χ1n) is 8.03. The average molecular weight is 474 g/mol.